The summed E-state index contributed by atoms with van der Waals surface area (Å²) in [4.78, 5) is 4.39. The van der Waals surface area contributed by atoms with E-state index >= 15 is 0 Å². The third-order valence-electron chi connectivity index (χ3n) is 5.32. The molecule has 150 valence electrons. The first kappa shape index (κ1) is 20.1. The number of fused-ring (bicyclic) bond motifs is 1. The highest BCUT2D eigenvalue weighted by atomic mass is 32.2. The van der Waals surface area contributed by atoms with Crippen molar-refractivity contribution in [1.29, 1.82) is 0 Å². The van der Waals surface area contributed by atoms with Gasteiger partial charge in [0.25, 0.3) is 0 Å². The van der Waals surface area contributed by atoms with E-state index in [1.165, 1.54) is 17.7 Å². The smallest absolute Gasteiger partial charge is 0.231 e. The first-order chi connectivity index (χ1) is 13.3. The summed E-state index contributed by atoms with van der Waals surface area (Å²) >= 11 is 1.90. The van der Waals surface area contributed by atoms with Crippen molar-refractivity contribution >= 4 is 17.7 Å². The van der Waals surface area contributed by atoms with Crippen molar-refractivity contribution in [1.82, 2.24) is 10.6 Å². The number of rotatable bonds is 8. The van der Waals surface area contributed by atoms with Gasteiger partial charge in [-0.2, -0.15) is 11.8 Å². The maximum atomic E-state index is 5.64. The van der Waals surface area contributed by atoms with Gasteiger partial charge in [-0.25, -0.2) is 0 Å². The molecule has 0 unspecified atom stereocenters. The zero-order valence-corrected chi connectivity index (χ0v) is 17.2. The van der Waals surface area contributed by atoms with E-state index in [4.69, 9.17) is 14.2 Å². The van der Waals surface area contributed by atoms with Gasteiger partial charge in [0.1, 0.15) is 0 Å². The minimum Gasteiger partial charge on any atom is -0.454 e. The molecule has 0 amide bonds. The van der Waals surface area contributed by atoms with Gasteiger partial charge >= 0.3 is 0 Å². The summed E-state index contributed by atoms with van der Waals surface area (Å²) in [6.07, 6.45) is 6.48. The molecule has 1 aromatic rings. The number of nitrogens with one attached hydrogen (secondary N) is 2. The second kappa shape index (κ2) is 10.1. The summed E-state index contributed by atoms with van der Waals surface area (Å²) in [5, 5.41) is 6.98. The highest BCUT2D eigenvalue weighted by Crippen LogP contribution is 2.40. The number of unbranched alkanes of at least 4 members (excludes halogenated alkanes) is 1. The summed E-state index contributed by atoms with van der Waals surface area (Å²) in [5.74, 6) is 3.75. The SMILES string of the molecule is CN=C(NCCCCSC)NCC1(c2ccc3c(c2)OCO3)CCOCC1. The second-order valence-electron chi connectivity index (χ2n) is 7.01. The molecule has 2 heterocycles. The Bertz CT molecular complexity index is 633. The van der Waals surface area contributed by atoms with E-state index < -0.39 is 0 Å². The molecule has 2 N–H and O–H groups in total. The Morgan fingerprint density at radius 1 is 1.15 bits per heavy atom. The Balaban J connectivity index is 1.62. The largest absolute Gasteiger partial charge is 0.454 e. The fraction of sp³-hybridized carbons (Fsp3) is 0.650. The molecule has 0 bridgehead atoms. The minimum absolute atomic E-state index is 0.00962. The number of hydrogen-bond acceptors (Lipinski definition) is 5. The van der Waals surface area contributed by atoms with Crippen LogP contribution in [0, 0.1) is 0 Å². The molecule has 27 heavy (non-hydrogen) atoms. The summed E-state index contributed by atoms with van der Waals surface area (Å²) in [6.45, 7) is 3.62. The maximum absolute atomic E-state index is 5.64. The Kier molecular flexibility index (Phi) is 7.52. The average Bonchev–Trinajstić information content (AvgIpc) is 3.18. The molecule has 7 heteroatoms. The van der Waals surface area contributed by atoms with E-state index in [0.29, 0.717) is 6.79 Å². The molecule has 6 nitrogen and oxygen atoms in total. The van der Waals surface area contributed by atoms with Gasteiger partial charge in [0.15, 0.2) is 17.5 Å². The van der Waals surface area contributed by atoms with Crippen molar-refractivity contribution in [3.8, 4) is 11.5 Å². The van der Waals surface area contributed by atoms with Crippen molar-refractivity contribution in [2.24, 2.45) is 4.99 Å². The zero-order valence-electron chi connectivity index (χ0n) is 16.4. The van der Waals surface area contributed by atoms with Crippen molar-refractivity contribution in [2.75, 3.05) is 52.2 Å². The van der Waals surface area contributed by atoms with E-state index in [2.05, 4.69) is 34.0 Å². The molecule has 2 aliphatic rings. The topological polar surface area (TPSA) is 64.1 Å². The van der Waals surface area contributed by atoms with Crippen LogP contribution >= 0.6 is 11.8 Å². The summed E-state index contributed by atoms with van der Waals surface area (Å²) in [7, 11) is 1.83. The minimum atomic E-state index is 0.00962. The third kappa shape index (κ3) is 5.23. The molecule has 1 fully saturated rings. The number of ether oxygens (including phenoxy) is 3. The van der Waals surface area contributed by atoms with E-state index in [1.807, 2.05) is 24.9 Å². The number of hydrogen-bond donors (Lipinski definition) is 2. The van der Waals surface area contributed by atoms with E-state index in [-0.39, 0.29) is 5.41 Å². The predicted molar refractivity (Wildman–Crippen MR) is 111 cm³/mol. The van der Waals surface area contributed by atoms with Crippen LogP contribution in [0.25, 0.3) is 0 Å². The molecule has 0 atom stereocenters. The van der Waals surface area contributed by atoms with Gasteiger partial charge < -0.3 is 24.8 Å². The molecule has 3 rings (SSSR count). The van der Waals surface area contributed by atoms with Gasteiger partial charge in [0, 0.05) is 38.8 Å². The van der Waals surface area contributed by atoms with Gasteiger partial charge in [-0.3, -0.25) is 4.99 Å². The van der Waals surface area contributed by atoms with Crippen LogP contribution in [-0.2, 0) is 10.2 Å². The lowest BCUT2D eigenvalue weighted by atomic mass is 9.74. The zero-order chi connectivity index (χ0) is 19.0. The Labute approximate surface area is 166 Å². The van der Waals surface area contributed by atoms with Crippen LogP contribution in [0.2, 0.25) is 0 Å². The molecule has 1 saturated heterocycles. The monoisotopic (exact) mass is 393 g/mol. The number of thioether (sulfide) groups is 1. The molecule has 0 aromatic heterocycles. The van der Waals surface area contributed by atoms with Crippen molar-refractivity contribution in [2.45, 2.75) is 31.1 Å². The lowest BCUT2D eigenvalue weighted by Crippen LogP contribution is -2.48. The number of aliphatic imine (C=N–C) groups is 1. The molecule has 2 aliphatic heterocycles. The molecule has 0 aliphatic carbocycles. The van der Waals surface area contributed by atoms with E-state index in [9.17, 15) is 0 Å². The quantitative estimate of drug-likeness (QED) is 0.402. The van der Waals surface area contributed by atoms with E-state index in [0.717, 1.165) is 63.0 Å². The molecule has 1 aromatic carbocycles. The van der Waals surface area contributed by atoms with Crippen LogP contribution < -0.4 is 20.1 Å². The van der Waals surface area contributed by atoms with Crippen LogP contribution in [0.15, 0.2) is 23.2 Å². The molecule has 0 radical (unpaired) electrons. The van der Waals surface area contributed by atoms with Crippen molar-refractivity contribution in [3.63, 3.8) is 0 Å². The van der Waals surface area contributed by atoms with Crippen LogP contribution in [0.1, 0.15) is 31.2 Å². The summed E-state index contributed by atoms with van der Waals surface area (Å²) in [6, 6.07) is 6.32. The highest BCUT2D eigenvalue weighted by molar-refractivity contribution is 7.98. The average molecular weight is 394 g/mol. The van der Waals surface area contributed by atoms with Gasteiger partial charge in [-0.05, 0) is 55.4 Å². The normalized spacial score (nSPS) is 18.4. The van der Waals surface area contributed by atoms with Crippen LogP contribution in [0.3, 0.4) is 0 Å². The standard InChI is InChI=1S/C20H31N3O3S/c1-21-19(22-9-3-4-12-27-2)23-14-20(7-10-24-11-8-20)16-5-6-17-18(13-16)26-15-25-17/h5-6,13H,3-4,7-12,14-15H2,1-2H3,(H2,21,22,23). The highest BCUT2D eigenvalue weighted by Gasteiger charge is 2.35. The summed E-state index contributed by atoms with van der Waals surface area (Å²) in [5.41, 5.74) is 1.29. The fourth-order valence-corrected chi connectivity index (χ4v) is 4.10. The molecular formula is C20H31N3O3S. The third-order valence-corrected chi connectivity index (χ3v) is 6.02. The van der Waals surface area contributed by atoms with Crippen LogP contribution in [0.5, 0.6) is 11.5 Å². The number of benzene rings is 1. The van der Waals surface area contributed by atoms with Crippen molar-refractivity contribution in [3.05, 3.63) is 23.8 Å². The fourth-order valence-electron chi connectivity index (χ4n) is 3.61. The lowest BCUT2D eigenvalue weighted by Gasteiger charge is -2.38. The molecular weight excluding hydrogens is 362 g/mol. The number of nitrogens with zero attached hydrogens (tertiary/aromatic N) is 1. The van der Waals surface area contributed by atoms with Gasteiger partial charge in [-0.15, -0.1) is 0 Å². The first-order valence-electron chi connectivity index (χ1n) is 9.69. The summed E-state index contributed by atoms with van der Waals surface area (Å²) < 4.78 is 16.7. The number of guanidine groups is 1. The van der Waals surface area contributed by atoms with Gasteiger partial charge in [0.2, 0.25) is 6.79 Å². The van der Waals surface area contributed by atoms with Gasteiger partial charge in [0.05, 0.1) is 0 Å². The maximum Gasteiger partial charge on any atom is 0.231 e. The van der Waals surface area contributed by atoms with Crippen molar-refractivity contribution < 1.29 is 14.2 Å². The van der Waals surface area contributed by atoms with Gasteiger partial charge in [-0.1, -0.05) is 6.07 Å². The second-order valence-corrected chi connectivity index (χ2v) is 8.00. The Morgan fingerprint density at radius 3 is 2.74 bits per heavy atom. The Hall–Kier alpha value is -1.60. The molecule has 0 spiro atoms. The van der Waals surface area contributed by atoms with E-state index in [1.54, 1.807) is 0 Å². The predicted octanol–water partition coefficient (Wildman–Crippen LogP) is 2.77. The molecule has 0 saturated carbocycles. The van der Waals surface area contributed by atoms with Crippen LogP contribution in [-0.4, -0.2) is 58.1 Å². The Morgan fingerprint density at radius 2 is 1.96 bits per heavy atom. The van der Waals surface area contributed by atoms with Crippen LogP contribution in [0.4, 0.5) is 0 Å². The first-order valence-corrected chi connectivity index (χ1v) is 11.1. The lowest BCUT2D eigenvalue weighted by molar-refractivity contribution is 0.0513.